The minimum absolute atomic E-state index is 0.113. The molecule has 3 rings (SSSR count). The van der Waals surface area contributed by atoms with Gasteiger partial charge in [0.15, 0.2) is 0 Å². The summed E-state index contributed by atoms with van der Waals surface area (Å²) in [6, 6.07) is 14.2. The summed E-state index contributed by atoms with van der Waals surface area (Å²) in [4.78, 5) is 14.8. The summed E-state index contributed by atoms with van der Waals surface area (Å²) in [5.74, 6) is 0.623. The number of piperazine rings is 1. The molecule has 1 fully saturated rings. The van der Waals surface area contributed by atoms with Crippen LogP contribution in [0, 0.1) is 0 Å². The van der Waals surface area contributed by atoms with Gasteiger partial charge in [0.2, 0.25) is 0 Å². The van der Waals surface area contributed by atoms with Crippen molar-refractivity contribution in [1.29, 1.82) is 0 Å². The second-order valence-corrected chi connectivity index (χ2v) is 7.68. The summed E-state index contributed by atoms with van der Waals surface area (Å²) in [6.07, 6.45) is 3.41. The number of carbonyl (C=O) groups is 1. The Morgan fingerprint density at radius 1 is 1.15 bits per heavy atom. The normalized spacial score (nSPS) is 15.6. The van der Waals surface area contributed by atoms with Crippen molar-refractivity contribution in [3.8, 4) is 11.1 Å². The first-order valence-electron chi connectivity index (χ1n) is 10.0. The van der Waals surface area contributed by atoms with Crippen LogP contribution in [0.15, 0.2) is 42.5 Å². The molecule has 1 unspecified atom stereocenters. The molecule has 144 valence electrons. The number of benzene rings is 2. The van der Waals surface area contributed by atoms with Crippen molar-refractivity contribution >= 4 is 17.5 Å². The highest BCUT2D eigenvalue weighted by Crippen LogP contribution is 2.36. The van der Waals surface area contributed by atoms with Gasteiger partial charge in [-0.15, -0.1) is 0 Å². The summed E-state index contributed by atoms with van der Waals surface area (Å²) in [6.45, 7) is 7.71. The molecule has 2 aromatic rings. The third-order valence-corrected chi connectivity index (χ3v) is 5.64. The van der Waals surface area contributed by atoms with E-state index in [2.05, 4.69) is 31.3 Å². The van der Waals surface area contributed by atoms with E-state index in [-0.39, 0.29) is 5.91 Å². The van der Waals surface area contributed by atoms with Gasteiger partial charge < -0.3 is 10.2 Å². The smallest absolute Gasteiger partial charge is 0.253 e. The van der Waals surface area contributed by atoms with Crippen LogP contribution in [0.1, 0.15) is 54.9 Å². The molecule has 0 bridgehead atoms. The number of nitrogens with one attached hydrogen (secondary N) is 1. The molecule has 0 radical (unpaired) electrons. The van der Waals surface area contributed by atoms with E-state index in [9.17, 15) is 4.79 Å². The highest BCUT2D eigenvalue weighted by molar-refractivity contribution is 6.30. The van der Waals surface area contributed by atoms with Crippen LogP contribution in [0.2, 0.25) is 5.02 Å². The fourth-order valence-corrected chi connectivity index (χ4v) is 4.10. The average molecular weight is 385 g/mol. The van der Waals surface area contributed by atoms with Gasteiger partial charge >= 0.3 is 0 Å². The molecular formula is C23H29ClN2O. The predicted molar refractivity (Wildman–Crippen MR) is 114 cm³/mol. The maximum Gasteiger partial charge on any atom is 0.253 e. The van der Waals surface area contributed by atoms with Crippen LogP contribution in [0.5, 0.6) is 0 Å². The van der Waals surface area contributed by atoms with E-state index in [0.717, 1.165) is 67.2 Å². The maximum absolute atomic E-state index is 12.9. The lowest BCUT2D eigenvalue weighted by molar-refractivity contribution is 0.0736. The lowest BCUT2D eigenvalue weighted by atomic mass is 9.86. The first-order chi connectivity index (χ1) is 13.1. The maximum atomic E-state index is 12.9. The van der Waals surface area contributed by atoms with Gasteiger partial charge in [0.05, 0.1) is 0 Å². The third-order valence-electron chi connectivity index (χ3n) is 5.41. The fourth-order valence-electron chi connectivity index (χ4n) is 3.93. The number of halogens is 1. The van der Waals surface area contributed by atoms with Crippen LogP contribution < -0.4 is 5.32 Å². The Kier molecular flexibility index (Phi) is 6.92. The van der Waals surface area contributed by atoms with Crippen LogP contribution >= 0.6 is 11.6 Å². The molecule has 1 aliphatic heterocycles. The van der Waals surface area contributed by atoms with Gasteiger partial charge in [-0.3, -0.25) is 4.79 Å². The molecule has 0 saturated carbocycles. The quantitative estimate of drug-likeness (QED) is 0.728. The zero-order valence-electron chi connectivity index (χ0n) is 16.3. The minimum atomic E-state index is 0.113. The minimum Gasteiger partial charge on any atom is -0.336 e. The SMILES string of the molecule is CCCC(CC)c1ccc(Cl)cc1-c1cccc(C(=O)N2CCNCC2)c1. The molecule has 1 heterocycles. The molecule has 2 aromatic carbocycles. The van der Waals surface area contributed by atoms with E-state index in [1.807, 2.05) is 35.2 Å². The van der Waals surface area contributed by atoms with E-state index in [1.165, 1.54) is 5.56 Å². The molecular weight excluding hydrogens is 356 g/mol. The fraction of sp³-hybridized carbons (Fsp3) is 0.435. The number of amides is 1. The summed E-state index contributed by atoms with van der Waals surface area (Å²) >= 11 is 6.33. The molecule has 27 heavy (non-hydrogen) atoms. The van der Waals surface area contributed by atoms with Crippen molar-refractivity contribution in [3.63, 3.8) is 0 Å². The average Bonchev–Trinajstić information content (AvgIpc) is 2.72. The predicted octanol–water partition coefficient (Wildman–Crippen LogP) is 5.35. The molecule has 1 atom stereocenters. The Bertz CT molecular complexity index is 784. The van der Waals surface area contributed by atoms with Crippen LogP contribution in [-0.2, 0) is 0 Å². The Balaban J connectivity index is 1.96. The molecule has 1 amide bonds. The Labute approximate surface area is 167 Å². The highest BCUT2D eigenvalue weighted by Gasteiger charge is 2.20. The molecule has 0 aromatic heterocycles. The largest absolute Gasteiger partial charge is 0.336 e. The van der Waals surface area contributed by atoms with Crippen molar-refractivity contribution in [2.75, 3.05) is 26.2 Å². The van der Waals surface area contributed by atoms with E-state index >= 15 is 0 Å². The van der Waals surface area contributed by atoms with Crippen molar-refractivity contribution in [1.82, 2.24) is 10.2 Å². The van der Waals surface area contributed by atoms with Gasteiger partial charge in [-0.2, -0.15) is 0 Å². The standard InChI is InChI=1S/C23H29ClN2O/c1-3-6-17(4-2)21-10-9-20(24)16-22(21)18-7-5-8-19(15-18)23(27)26-13-11-25-12-14-26/h5,7-10,15-17,25H,3-4,6,11-14H2,1-2H3. The van der Waals surface area contributed by atoms with Crippen molar-refractivity contribution in [3.05, 3.63) is 58.6 Å². The van der Waals surface area contributed by atoms with Crippen LogP contribution in [-0.4, -0.2) is 37.0 Å². The van der Waals surface area contributed by atoms with Gasteiger partial charge in [-0.25, -0.2) is 0 Å². The second-order valence-electron chi connectivity index (χ2n) is 7.25. The van der Waals surface area contributed by atoms with Gasteiger partial charge in [-0.05, 0) is 59.7 Å². The molecule has 4 heteroatoms. The highest BCUT2D eigenvalue weighted by atomic mass is 35.5. The lowest BCUT2D eigenvalue weighted by Crippen LogP contribution is -2.46. The molecule has 3 nitrogen and oxygen atoms in total. The zero-order valence-corrected chi connectivity index (χ0v) is 17.1. The topological polar surface area (TPSA) is 32.3 Å². The number of hydrogen-bond donors (Lipinski definition) is 1. The lowest BCUT2D eigenvalue weighted by Gasteiger charge is -2.27. The Morgan fingerprint density at radius 3 is 2.63 bits per heavy atom. The summed E-state index contributed by atoms with van der Waals surface area (Å²) < 4.78 is 0. The number of nitrogens with zero attached hydrogens (tertiary/aromatic N) is 1. The van der Waals surface area contributed by atoms with Gasteiger partial charge in [-0.1, -0.05) is 50.1 Å². The summed E-state index contributed by atoms with van der Waals surface area (Å²) in [7, 11) is 0. The number of carbonyl (C=O) groups excluding carboxylic acids is 1. The molecule has 1 saturated heterocycles. The van der Waals surface area contributed by atoms with Crippen molar-refractivity contribution in [2.45, 2.75) is 39.0 Å². The monoisotopic (exact) mass is 384 g/mol. The second kappa shape index (κ2) is 9.38. The third kappa shape index (κ3) is 4.72. The zero-order chi connectivity index (χ0) is 19.2. The van der Waals surface area contributed by atoms with Crippen LogP contribution in [0.25, 0.3) is 11.1 Å². The summed E-state index contributed by atoms with van der Waals surface area (Å²) in [5.41, 5.74) is 4.31. The van der Waals surface area contributed by atoms with E-state index in [0.29, 0.717) is 5.92 Å². The van der Waals surface area contributed by atoms with Crippen LogP contribution in [0.3, 0.4) is 0 Å². The first kappa shape index (κ1) is 19.9. The van der Waals surface area contributed by atoms with E-state index < -0.39 is 0 Å². The van der Waals surface area contributed by atoms with Gasteiger partial charge in [0, 0.05) is 36.8 Å². The van der Waals surface area contributed by atoms with Crippen LogP contribution in [0.4, 0.5) is 0 Å². The number of rotatable bonds is 6. The molecule has 1 aliphatic rings. The molecule has 0 aliphatic carbocycles. The number of hydrogen-bond acceptors (Lipinski definition) is 2. The van der Waals surface area contributed by atoms with E-state index in [4.69, 9.17) is 11.6 Å². The van der Waals surface area contributed by atoms with Gasteiger partial charge in [0.25, 0.3) is 5.91 Å². The van der Waals surface area contributed by atoms with Crippen molar-refractivity contribution < 1.29 is 4.79 Å². The van der Waals surface area contributed by atoms with Crippen molar-refractivity contribution in [2.24, 2.45) is 0 Å². The first-order valence-corrected chi connectivity index (χ1v) is 10.4. The molecule has 1 N–H and O–H groups in total. The van der Waals surface area contributed by atoms with E-state index in [1.54, 1.807) is 0 Å². The summed E-state index contributed by atoms with van der Waals surface area (Å²) in [5, 5.41) is 4.03. The Morgan fingerprint density at radius 2 is 1.93 bits per heavy atom. The van der Waals surface area contributed by atoms with Gasteiger partial charge in [0.1, 0.15) is 0 Å². The Hall–Kier alpha value is -1.84. The molecule has 0 spiro atoms.